The van der Waals surface area contributed by atoms with Gasteiger partial charge in [-0.15, -0.1) is 0 Å². The van der Waals surface area contributed by atoms with Crippen molar-refractivity contribution in [1.29, 1.82) is 0 Å². The van der Waals surface area contributed by atoms with Crippen molar-refractivity contribution < 1.29 is 9.13 Å². The van der Waals surface area contributed by atoms with Crippen LogP contribution in [0, 0.1) is 12.7 Å². The third-order valence-corrected chi connectivity index (χ3v) is 2.02. The van der Waals surface area contributed by atoms with Gasteiger partial charge in [0.15, 0.2) is 5.82 Å². The van der Waals surface area contributed by atoms with E-state index in [4.69, 9.17) is 4.74 Å². The Hall–Kier alpha value is -1.58. The van der Waals surface area contributed by atoms with Crippen molar-refractivity contribution in [3.05, 3.63) is 23.6 Å². The molecule has 1 N–H and O–H groups in total. The predicted octanol–water partition coefficient (Wildman–Crippen LogP) is 4.07. The minimum absolute atomic E-state index is 0.330. The summed E-state index contributed by atoms with van der Waals surface area (Å²) in [5.74, 6) is 0.308. The van der Waals surface area contributed by atoms with Crippen LogP contribution in [0.25, 0.3) is 10.9 Å². The first-order valence-corrected chi connectivity index (χ1v) is 5.91. The summed E-state index contributed by atoms with van der Waals surface area (Å²) in [5.41, 5.74) is 1.14. The highest BCUT2D eigenvalue weighted by atomic mass is 19.1. The number of methoxy groups -OCH3 is 1. The molecule has 0 aliphatic heterocycles. The van der Waals surface area contributed by atoms with Gasteiger partial charge >= 0.3 is 0 Å². The number of aromatic amines is 1. The molecule has 0 amide bonds. The summed E-state index contributed by atoms with van der Waals surface area (Å²) < 4.78 is 18.3. The molecule has 1 aromatic carbocycles. The Morgan fingerprint density at radius 1 is 1.18 bits per heavy atom. The van der Waals surface area contributed by atoms with Crippen LogP contribution < -0.4 is 4.74 Å². The summed E-state index contributed by atoms with van der Waals surface area (Å²) in [5, 5.41) is 7.28. The molecule has 17 heavy (non-hydrogen) atoms. The molecule has 3 nitrogen and oxygen atoms in total. The van der Waals surface area contributed by atoms with Crippen LogP contribution in [0.4, 0.5) is 4.39 Å². The van der Waals surface area contributed by atoms with Gasteiger partial charge in [0, 0.05) is 5.69 Å². The van der Waals surface area contributed by atoms with Crippen LogP contribution in [0.2, 0.25) is 0 Å². The van der Waals surface area contributed by atoms with E-state index in [0.717, 1.165) is 5.69 Å². The minimum atomic E-state index is -0.333. The molecule has 0 unspecified atom stereocenters. The lowest BCUT2D eigenvalue weighted by Crippen LogP contribution is -1.86. The number of aromatic nitrogens is 2. The number of ether oxygens (including phenoxy) is 1. The number of aryl methyl sites for hydroxylation is 1. The third-order valence-electron chi connectivity index (χ3n) is 2.02. The van der Waals surface area contributed by atoms with Gasteiger partial charge in [0.25, 0.3) is 0 Å². The Kier molecular flexibility index (Phi) is 6.94. The molecule has 0 bridgehead atoms. The van der Waals surface area contributed by atoms with Gasteiger partial charge in [0.2, 0.25) is 0 Å². The number of nitrogens with one attached hydrogen (secondary N) is 1. The fraction of sp³-hybridized carbons (Fsp3) is 0.462. The Morgan fingerprint density at radius 3 is 2.29 bits per heavy atom. The van der Waals surface area contributed by atoms with Crippen LogP contribution in [-0.4, -0.2) is 17.3 Å². The van der Waals surface area contributed by atoms with E-state index in [1.165, 1.54) is 6.07 Å². The van der Waals surface area contributed by atoms with Gasteiger partial charge < -0.3 is 4.74 Å². The number of benzene rings is 1. The fourth-order valence-electron chi connectivity index (χ4n) is 1.38. The van der Waals surface area contributed by atoms with E-state index in [0.29, 0.717) is 16.7 Å². The molecule has 0 aliphatic carbocycles. The highest BCUT2D eigenvalue weighted by molar-refractivity contribution is 5.87. The van der Waals surface area contributed by atoms with Gasteiger partial charge in [-0.2, -0.15) is 5.10 Å². The lowest BCUT2D eigenvalue weighted by molar-refractivity contribution is 0.419. The van der Waals surface area contributed by atoms with Crippen LogP contribution in [0.1, 0.15) is 33.4 Å². The molecule has 4 heteroatoms. The first-order chi connectivity index (χ1) is 8.24. The fourth-order valence-corrected chi connectivity index (χ4v) is 1.38. The van der Waals surface area contributed by atoms with E-state index in [1.54, 1.807) is 13.2 Å². The Balaban J connectivity index is 0.000000581. The van der Waals surface area contributed by atoms with Gasteiger partial charge in [-0.1, -0.05) is 27.7 Å². The van der Waals surface area contributed by atoms with E-state index in [9.17, 15) is 4.39 Å². The highest BCUT2D eigenvalue weighted by Crippen LogP contribution is 2.28. The molecule has 1 heterocycles. The standard InChI is InChI=1S/C9H9FN2O.2C2H6/c1-5-8-7(13-2)4-3-6(10)9(8)12-11-5;2*1-2/h3-4H,1-2H3,(H,11,12);2*1-2H3. The maximum atomic E-state index is 13.2. The van der Waals surface area contributed by atoms with Crippen LogP contribution in [0.5, 0.6) is 5.75 Å². The van der Waals surface area contributed by atoms with Crippen LogP contribution in [0.3, 0.4) is 0 Å². The zero-order valence-corrected chi connectivity index (χ0v) is 11.4. The maximum absolute atomic E-state index is 13.2. The van der Waals surface area contributed by atoms with E-state index in [1.807, 2.05) is 34.6 Å². The lowest BCUT2D eigenvalue weighted by atomic mass is 10.2. The normalized spacial score (nSPS) is 8.88. The Bertz CT molecular complexity index is 452. The van der Waals surface area contributed by atoms with Crippen molar-refractivity contribution >= 4 is 10.9 Å². The largest absolute Gasteiger partial charge is 0.496 e. The van der Waals surface area contributed by atoms with Crippen LogP contribution >= 0.6 is 0 Å². The molecule has 0 radical (unpaired) electrons. The average Bonchev–Trinajstić information content (AvgIpc) is 2.79. The zero-order valence-electron chi connectivity index (χ0n) is 11.4. The van der Waals surface area contributed by atoms with Gasteiger partial charge in [0.05, 0.1) is 12.5 Å². The van der Waals surface area contributed by atoms with Crippen molar-refractivity contribution in [2.24, 2.45) is 0 Å². The molecule has 2 aromatic rings. The van der Waals surface area contributed by atoms with Crippen molar-refractivity contribution in [2.45, 2.75) is 34.6 Å². The number of H-pyrrole nitrogens is 1. The number of hydrogen-bond acceptors (Lipinski definition) is 2. The molecule has 0 aliphatic rings. The average molecular weight is 240 g/mol. The smallest absolute Gasteiger partial charge is 0.151 e. The number of nitrogens with zero attached hydrogens (tertiary/aromatic N) is 1. The summed E-state index contributed by atoms with van der Waals surface area (Å²) >= 11 is 0. The number of halogens is 1. The van der Waals surface area contributed by atoms with Gasteiger partial charge in [-0.05, 0) is 19.1 Å². The summed E-state index contributed by atoms with van der Waals surface area (Å²) in [6, 6.07) is 2.95. The summed E-state index contributed by atoms with van der Waals surface area (Å²) in [6.45, 7) is 9.83. The Labute approximate surface area is 102 Å². The van der Waals surface area contributed by atoms with Crippen LogP contribution in [-0.2, 0) is 0 Å². The molecule has 0 atom stereocenters. The second-order valence-corrected chi connectivity index (χ2v) is 2.82. The highest BCUT2D eigenvalue weighted by Gasteiger charge is 2.11. The van der Waals surface area contributed by atoms with Gasteiger partial charge in [-0.3, -0.25) is 5.10 Å². The molecular weight excluding hydrogens is 219 g/mol. The second kappa shape index (κ2) is 7.65. The van der Waals surface area contributed by atoms with Crippen molar-refractivity contribution in [1.82, 2.24) is 10.2 Å². The molecule has 96 valence electrons. The predicted molar refractivity (Wildman–Crippen MR) is 70.0 cm³/mol. The summed E-state index contributed by atoms with van der Waals surface area (Å²) in [4.78, 5) is 0. The SMILES string of the molecule is CC.CC.COc1ccc(F)c2n[nH]c(C)c12. The zero-order chi connectivity index (χ0) is 13.4. The van der Waals surface area contributed by atoms with Crippen molar-refractivity contribution in [3.63, 3.8) is 0 Å². The molecule has 0 fully saturated rings. The molecule has 1 aromatic heterocycles. The van der Waals surface area contributed by atoms with Gasteiger partial charge in [-0.25, -0.2) is 4.39 Å². The number of fused-ring (bicyclic) bond motifs is 1. The van der Waals surface area contributed by atoms with Crippen LogP contribution in [0.15, 0.2) is 12.1 Å². The molecule has 0 saturated carbocycles. The maximum Gasteiger partial charge on any atom is 0.151 e. The first-order valence-electron chi connectivity index (χ1n) is 5.91. The summed E-state index contributed by atoms with van der Waals surface area (Å²) in [6.07, 6.45) is 0. The topological polar surface area (TPSA) is 37.9 Å². The van der Waals surface area contributed by atoms with Crippen molar-refractivity contribution in [2.75, 3.05) is 7.11 Å². The summed E-state index contributed by atoms with van der Waals surface area (Å²) in [7, 11) is 1.55. The lowest BCUT2D eigenvalue weighted by Gasteiger charge is -2.01. The quantitative estimate of drug-likeness (QED) is 0.815. The second-order valence-electron chi connectivity index (χ2n) is 2.82. The van der Waals surface area contributed by atoms with E-state index in [-0.39, 0.29) is 5.82 Å². The van der Waals surface area contributed by atoms with E-state index < -0.39 is 0 Å². The minimum Gasteiger partial charge on any atom is -0.496 e. The van der Waals surface area contributed by atoms with E-state index >= 15 is 0 Å². The Morgan fingerprint density at radius 2 is 1.76 bits per heavy atom. The number of hydrogen-bond donors (Lipinski definition) is 1. The van der Waals surface area contributed by atoms with Gasteiger partial charge in [0.1, 0.15) is 11.3 Å². The first kappa shape index (κ1) is 15.4. The molecular formula is C13H21FN2O. The third kappa shape index (κ3) is 3.19. The monoisotopic (exact) mass is 240 g/mol. The molecule has 0 spiro atoms. The van der Waals surface area contributed by atoms with Crippen molar-refractivity contribution in [3.8, 4) is 5.75 Å². The number of rotatable bonds is 1. The molecule has 0 saturated heterocycles. The molecule has 2 rings (SSSR count). The van der Waals surface area contributed by atoms with E-state index in [2.05, 4.69) is 10.2 Å².